The zero-order chi connectivity index (χ0) is 28.8. The van der Waals surface area contributed by atoms with Crippen LogP contribution in [0.4, 0.5) is 0 Å². The molecule has 2 aliphatic rings. The smallest absolute Gasteiger partial charge is 0.281 e. The van der Waals surface area contributed by atoms with Crippen molar-refractivity contribution in [3.05, 3.63) is 62.1 Å². The highest BCUT2D eigenvalue weighted by Crippen LogP contribution is 2.35. The van der Waals surface area contributed by atoms with Crippen molar-refractivity contribution in [2.24, 2.45) is 5.92 Å². The van der Waals surface area contributed by atoms with Crippen LogP contribution in [0.2, 0.25) is 0 Å². The first-order valence-electron chi connectivity index (χ1n) is 15.5. The standard InChI is InChI=1S/C20H23BrN2O.C8H19N.C6H12/c1-5-13(3)19-22-20(24)18-15(21)7-6-8-17(18)23(19)16-10-9-12(2)11-14(16)4;1-3-5-6-8-9-7-4-2;1-6-4-2-3-5-6/h6-9,11,13,16H,5,10H2,1-4H3;9H,3-8H2,1-2H3;6H,2-5H2,1H3. The van der Waals surface area contributed by atoms with E-state index in [2.05, 4.69) is 91.4 Å². The first-order chi connectivity index (χ1) is 18.7. The molecule has 39 heavy (non-hydrogen) atoms. The zero-order valence-electron chi connectivity index (χ0n) is 25.8. The van der Waals surface area contributed by atoms with Gasteiger partial charge < -0.3 is 9.88 Å². The van der Waals surface area contributed by atoms with E-state index in [0.717, 1.165) is 34.6 Å². The second kappa shape index (κ2) is 17.9. The summed E-state index contributed by atoms with van der Waals surface area (Å²) in [6, 6.07) is 6.15. The Labute approximate surface area is 246 Å². The Morgan fingerprint density at radius 1 is 1.08 bits per heavy atom. The molecule has 1 aromatic heterocycles. The largest absolute Gasteiger partial charge is 0.321 e. The Morgan fingerprint density at radius 3 is 2.36 bits per heavy atom. The number of unbranched alkanes of at least 4 members (excludes halogenated alkanes) is 2. The average Bonchev–Trinajstić information content (AvgIpc) is 3.40. The van der Waals surface area contributed by atoms with Gasteiger partial charge in [-0.3, -0.25) is 4.79 Å². The van der Waals surface area contributed by atoms with Crippen LogP contribution in [0, 0.1) is 5.92 Å². The lowest BCUT2D eigenvalue weighted by Gasteiger charge is -2.29. The molecule has 218 valence electrons. The van der Waals surface area contributed by atoms with Crippen LogP contribution in [0.1, 0.15) is 130 Å². The van der Waals surface area contributed by atoms with Gasteiger partial charge in [0.25, 0.3) is 5.56 Å². The highest BCUT2D eigenvalue weighted by Gasteiger charge is 2.24. The molecule has 0 aliphatic heterocycles. The fourth-order valence-corrected chi connectivity index (χ4v) is 5.88. The maximum absolute atomic E-state index is 12.6. The zero-order valence-corrected chi connectivity index (χ0v) is 27.4. The van der Waals surface area contributed by atoms with Crippen LogP contribution in [0.5, 0.6) is 0 Å². The summed E-state index contributed by atoms with van der Waals surface area (Å²) in [7, 11) is 0. The summed E-state index contributed by atoms with van der Waals surface area (Å²) >= 11 is 3.53. The number of nitrogens with one attached hydrogen (secondary N) is 1. The van der Waals surface area contributed by atoms with E-state index in [-0.39, 0.29) is 17.5 Å². The minimum Gasteiger partial charge on any atom is -0.321 e. The second-order valence-corrected chi connectivity index (χ2v) is 12.4. The first kappa shape index (κ1) is 33.5. The van der Waals surface area contributed by atoms with Crippen LogP contribution in [0.25, 0.3) is 10.9 Å². The van der Waals surface area contributed by atoms with E-state index in [1.165, 1.54) is 75.6 Å². The molecule has 1 fully saturated rings. The van der Waals surface area contributed by atoms with Gasteiger partial charge in [-0.2, -0.15) is 4.98 Å². The van der Waals surface area contributed by atoms with Crippen molar-refractivity contribution in [3.63, 3.8) is 0 Å². The Morgan fingerprint density at radius 2 is 1.79 bits per heavy atom. The highest BCUT2D eigenvalue weighted by atomic mass is 79.9. The van der Waals surface area contributed by atoms with E-state index in [1.807, 2.05) is 18.2 Å². The van der Waals surface area contributed by atoms with Gasteiger partial charge in [-0.15, -0.1) is 0 Å². The van der Waals surface area contributed by atoms with Crippen LogP contribution in [-0.4, -0.2) is 22.6 Å². The Hall–Kier alpha value is -1.72. The predicted molar refractivity (Wildman–Crippen MR) is 174 cm³/mol. The Bertz CT molecular complexity index is 1120. The van der Waals surface area contributed by atoms with Gasteiger partial charge in [0.05, 0.1) is 16.9 Å². The summed E-state index contributed by atoms with van der Waals surface area (Å²) in [6.45, 7) is 17.8. The molecule has 0 bridgehead atoms. The molecule has 4 nitrogen and oxygen atoms in total. The number of rotatable bonds is 9. The SMILES string of the molecule is CC1CCCC1.CCC(C)c1nc(=O)c2c(Br)cccc2n1C1CC=C(C)C=C1C.CCCCCNCCC. The van der Waals surface area contributed by atoms with E-state index in [0.29, 0.717) is 5.39 Å². The van der Waals surface area contributed by atoms with Crippen LogP contribution in [0.15, 0.2) is 50.8 Å². The maximum atomic E-state index is 12.6. The van der Waals surface area contributed by atoms with Crippen molar-refractivity contribution in [2.45, 2.75) is 125 Å². The van der Waals surface area contributed by atoms with Gasteiger partial charge >= 0.3 is 0 Å². The van der Waals surface area contributed by atoms with Gasteiger partial charge in [0.15, 0.2) is 0 Å². The molecular weight excluding hydrogens is 546 g/mol. The fraction of sp³-hybridized carbons (Fsp3) is 0.647. The van der Waals surface area contributed by atoms with Gasteiger partial charge in [0, 0.05) is 10.4 Å². The number of benzene rings is 1. The lowest BCUT2D eigenvalue weighted by atomic mass is 9.94. The average molecular weight is 601 g/mol. The number of halogens is 1. The summed E-state index contributed by atoms with van der Waals surface area (Å²) in [5, 5.41) is 4.04. The van der Waals surface area contributed by atoms with Gasteiger partial charge in [-0.1, -0.05) is 103 Å². The van der Waals surface area contributed by atoms with Gasteiger partial charge in [0.2, 0.25) is 0 Å². The van der Waals surface area contributed by atoms with Crippen LogP contribution in [-0.2, 0) is 0 Å². The third kappa shape index (κ3) is 10.3. The minimum atomic E-state index is -0.145. The second-order valence-electron chi connectivity index (χ2n) is 11.5. The summed E-state index contributed by atoms with van der Waals surface area (Å²) in [6.07, 6.45) is 17.6. The van der Waals surface area contributed by atoms with E-state index in [1.54, 1.807) is 0 Å². The molecule has 1 aromatic carbocycles. The van der Waals surface area contributed by atoms with Crippen LogP contribution < -0.4 is 10.9 Å². The number of allylic oxidation sites excluding steroid dienone is 4. The minimum absolute atomic E-state index is 0.145. The summed E-state index contributed by atoms with van der Waals surface area (Å²) in [5.41, 5.74) is 3.43. The number of hydrogen-bond acceptors (Lipinski definition) is 3. The normalized spacial score (nSPS) is 18.0. The Balaban J connectivity index is 0.000000291. The topological polar surface area (TPSA) is 46.9 Å². The molecule has 5 heteroatoms. The molecular formula is C34H54BrN3O. The van der Waals surface area contributed by atoms with Crippen molar-refractivity contribution in [1.29, 1.82) is 0 Å². The molecule has 1 heterocycles. The van der Waals surface area contributed by atoms with Crippen molar-refractivity contribution in [2.75, 3.05) is 13.1 Å². The maximum Gasteiger partial charge on any atom is 0.281 e. The third-order valence-corrected chi connectivity index (χ3v) is 8.63. The van der Waals surface area contributed by atoms with E-state index in [4.69, 9.17) is 0 Å². The summed E-state index contributed by atoms with van der Waals surface area (Å²) in [4.78, 5) is 17.1. The quantitative estimate of drug-likeness (QED) is 0.292. The van der Waals surface area contributed by atoms with Crippen molar-refractivity contribution in [1.82, 2.24) is 14.9 Å². The molecule has 2 unspecified atom stereocenters. The van der Waals surface area contributed by atoms with Crippen molar-refractivity contribution >= 4 is 26.8 Å². The molecule has 0 amide bonds. The first-order valence-corrected chi connectivity index (χ1v) is 16.3. The number of nitrogens with zero attached hydrogens (tertiary/aromatic N) is 2. The molecule has 1 N–H and O–H groups in total. The summed E-state index contributed by atoms with van der Waals surface area (Å²) in [5.74, 6) is 2.17. The van der Waals surface area contributed by atoms with Crippen molar-refractivity contribution in [3.8, 4) is 0 Å². The monoisotopic (exact) mass is 599 g/mol. The van der Waals surface area contributed by atoms with Gasteiger partial charge in [0.1, 0.15) is 5.82 Å². The third-order valence-electron chi connectivity index (χ3n) is 7.96. The molecule has 4 rings (SSSR count). The Kier molecular flexibility index (Phi) is 15.3. The molecule has 2 aromatic rings. The van der Waals surface area contributed by atoms with Gasteiger partial charge in [-0.25, -0.2) is 0 Å². The van der Waals surface area contributed by atoms with Crippen LogP contribution in [0.3, 0.4) is 0 Å². The molecule has 2 atom stereocenters. The molecule has 0 spiro atoms. The molecule has 1 saturated carbocycles. The molecule has 0 saturated heterocycles. The lowest BCUT2D eigenvalue weighted by Crippen LogP contribution is -2.25. The fourth-order valence-electron chi connectivity index (χ4n) is 5.36. The predicted octanol–water partition coefficient (Wildman–Crippen LogP) is 9.88. The lowest BCUT2D eigenvalue weighted by molar-refractivity contribution is 0.516. The summed E-state index contributed by atoms with van der Waals surface area (Å²) < 4.78 is 3.09. The number of aromatic nitrogens is 2. The van der Waals surface area contributed by atoms with E-state index < -0.39 is 0 Å². The number of hydrogen-bond donors (Lipinski definition) is 1. The number of fused-ring (bicyclic) bond motifs is 1. The van der Waals surface area contributed by atoms with Crippen LogP contribution >= 0.6 is 15.9 Å². The van der Waals surface area contributed by atoms with Gasteiger partial charge in [-0.05, 0) is 86.6 Å². The van der Waals surface area contributed by atoms with E-state index in [9.17, 15) is 4.79 Å². The van der Waals surface area contributed by atoms with Crippen molar-refractivity contribution < 1.29 is 0 Å². The molecule has 2 aliphatic carbocycles. The van der Waals surface area contributed by atoms with E-state index >= 15 is 0 Å². The molecule has 0 radical (unpaired) electrons. The highest BCUT2D eigenvalue weighted by molar-refractivity contribution is 9.10.